The molecule has 0 aromatic heterocycles. The van der Waals surface area contributed by atoms with E-state index in [1.807, 2.05) is 0 Å². The van der Waals surface area contributed by atoms with Crippen molar-refractivity contribution < 1.29 is 23.4 Å². The molecule has 3 N–H and O–H groups in total. The summed E-state index contributed by atoms with van der Waals surface area (Å²) in [7, 11) is -3.36. The average Bonchev–Trinajstić information content (AvgIpc) is 2.80. The molecule has 15 heavy (non-hydrogen) atoms. The smallest absolute Gasteiger partial charge is 0.306 e. The van der Waals surface area contributed by atoms with E-state index in [1.54, 1.807) is 0 Å². The second-order valence-electron chi connectivity index (χ2n) is 4.13. The van der Waals surface area contributed by atoms with Crippen LogP contribution in [0, 0.1) is 0 Å². The zero-order valence-electron chi connectivity index (χ0n) is 8.43. The molecular formula is C8H15NO5S. The van der Waals surface area contributed by atoms with Gasteiger partial charge in [0.15, 0.2) is 0 Å². The maximum Gasteiger partial charge on any atom is 0.306 e. The van der Waals surface area contributed by atoms with E-state index >= 15 is 0 Å². The number of carboxylic acid groups (broad SMARTS) is 1. The summed E-state index contributed by atoms with van der Waals surface area (Å²) in [5, 5.41) is 17.6. The first-order chi connectivity index (χ1) is 6.73. The Morgan fingerprint density at radius 2 is 2.07 bits per heavy atom. The molecule has 1 atom stereocenters. The van der Waals surface area contributed by atoms with Crippen LogP contribution in [0.3, 0.4) is 0 Å². The van der Waals surface area contributed by atoms with Gasteiger partial charge in [-0.1, -0.05) is 0 Å². The van der Waals surface area contributed by atoms with Crippen molar-refractivity contribution >= 4 is 16.0 Å². The van der Waals surface area contributed by atoms with Gasteiger partial charge in [0.25, 0.3) is 0 Å². The van der Waals surface area contributed by atoms with E-state index in [0.29, 0.717) is 12.8 Å². The zero-order chi connectivity index (χ0) is 11.7. The van der Waals surface area contributed by atoms with Crippen LogP contribution in [0.1, 0.15) is 26.2 Å². The Labute approximate surface area is 88.3 Å². The first-order valence-corrected chi connectivity index (χ1v) is 6.20. The van der Waals surface area contributed by atoms with E-state index in [2.05, 4.69) is 4.72 Å². The van der Waals surface area contributed by atoms with E-state index in [0.717, 1.165) is 0 Å². The normalized spacial score (nSPS) is 20.9. The number of aliphatic carboxylic acids is 1. The van der Waals surface area contributed by atoms with E-state index in [1.165, 1.54) is 6.92 Å². The highest BCUT2D eigenvalue weighted by atomic mass is 32.2. The summed E-state index contributed by atoms with van der Waals surface area (Å²) in [6.07, 6.45) is 0.785. The van der Waals surface area contributed by atoms with Crippen LogP contribution in [0.5, 0.6) is 0 Å². The minimum Gasteiger partial charge on any atom is -0.481 e. The second kappa shape index (κ2) is 4.07. The molecule has 6 nitrogen and oxygen atoms in total. The lowest BCUT2D eigenvalue weighted by Crippen LogP contribution is -2.43. The topological polar surface area (TPSA) is 104 Å². The molecule has 1 unspecified atom stereocenters. The van der Waals surface area contributed by atoms with Gasteiger partial charge in [-0.15, -0.1) is 0 Å². The van der Waals surface area contributed by atoms with Crippen molar-refractivity contribution in [2.75, 3.05) is 6.54 Å². The average molecular weight is 237 g/mol. The molecule has 88 valence electrons. The third-order valence-corrected chi connectivity index (χ3v) is 4.05. The lowest BCUT2D eigenvalue weighted by molar-refractivity contribution is -0.141. The van der Waals surface area contributed by atoms with Crippen LogP contribution < -0.4 is 4.72 Å². The number of hydrogen-bond donors (Lipinski definition) is 3. The van der Waals surface area contributed by atoms with Crippen molar-refractivity contribution in [2.45, 2.75) is 37.0 Å². The van der Waals surface area contributed by atoms with E-state index in [9.17, 15) is 18.3 Å². The van der Waals surface area contributed by atoms with Crippen molar-refractivity contribution in [3.05, 3.63) is 0 Å². The second-order valence-corrected chi connectivity index (χ2v) is 6.18. The summed E-state index contributed by atoms with van der Waals surface area (Å²) < 4.78 is 24.9. The molecule has 1 fully saturated rings. The summed E-state index contributed by atoms with van der Waals surface area (Å²) in [5.74, 6) is -1.16. The Balaban J connectivity index is 2.44. The van der Waals surface area contributed by atoms with Crippen molar-refractivity contribution in [2.24, 2.45) is 0 Å². The standard InChI is InChI=1S/C8H15NO5S/c1-8(12,4-7(10)11)5-9-15(13,14)6-2-3-6/h6,9,12H,2-5H2,1H3,(H,10,11). The fourth-order valence-electron chi connectivity index (χ4n) is 1.14. The summed E-state index contributed by atoms with van der Waals surface area (Å²) in [5.41, 5.74) is -1.55. The number of rotatable bonds is 6. The summed E-state index contributed by atoms with van der Waals surface area (Å²) in [4.78, 5) is 10.3. The van der Waals surface area contributed by atoms with Crippen LogP contribution in [0.25, 0.3) is 0 Å². The number of carboxylic acids is 1. The van der Waals surface area contributed by atoms with E-state index < -0.39 is 28.0 Å². The predicted molar refractivity (Wildman–Crippen MR) is 52.8 cm³/mol. The van der Waals surface area contributed by atoms with Gasteiger partial charge in [0, 0.05) is 6.54 Å². The first-order valence-electron chi connectivity index (χ1n) is 4.66. The Morgan fingerprint density at radius 1 is 1.53 bits per heavy atom. The van der Waals surface area contributed by atoms with Gasteiger partial charge in [-0.05, 0) is 19.8 Å². The minimum atomic E-state index is -3.36. The Morgan fingerprint density at radius 3 is 2.47 bits per heavy atom. The monoisotopic (exact) mass is 237 g/mol. The number of hydrogen-bond acceptors (Lipinski definition) is 4. The van der Waals surface area contributed by atoms with Gasteiger partial charge >= 0.3 is 5.97 Å². The highest BCUT2D eigenvalue weighted by Gasteiger charge is 2.37. The molecule has 0 spiro atoms. The van der Waals surface area contributed by atoms with Crippen LogP contribution in [0.2, 0.25) is 0 Å². The van der Waals surface area contributed by atoms with Gasteiger partial charge in [-0.2, -0.15) is 0 Å². The highest BCUT2D eigenvalue weighted by molar-refractivity contribution is 7.90. The quantitative estimate of drug-likeness (QED) is 0.566. The molecule has 0 amide bonds. The number of aliphatic hydroxyl groups is 1. The van der Waals surface area contributed by atoms with Crippen molar-refractivity contribution in [1.82, 2.24) is 4.72 Å². The van der Waals surface area contributed by atoms with Crippen molar-refractivity contribution in [3.8, 4) is 0 Å². The fraction of sp³-hybridized carbons (Fsp3) is 0.875. The first kappa shape index (κ1) is 12.4. The Hall–Kier alpha value is -0.660. The molecule has 1 saturated carbocycles. The Bertz CT molecular complexity index is 344. The van der Waals surface area contributed by atoms with Crippen LogP contribution in [-0.2, 0) is 14.8 Å². The van der Waals surface area contributed by atoms with Crippen LogP contribution >= 0.6 is 0 Å². The summed E-state index contributed by atoms with van der Waals surface area (Å²) >= 11 is 0. The van der Waals surface area contributed by atoms with Crippen LogP contribution in [-0.4, -0.2) is 42.0 Å². The SMILES string of the molecule is CC(O)(CNS(=O)(=O)C1CC1)CC(=O)O. The molecule has 0 aliphatic heterocycles. The van der Waals surface area contributed by atoms with Gasteiger partial charge in [0.2, 0.25) is 10.0 Å². The highest BCUT2D eigenvalue weighted by Crippen LogP contribution is 2.27. The number of sulfonamides is 1. The lowest BCUT2D eigenvalue weighted by atomic mass is 10.0. The molecular weight excluding hydrogens is 222 g/mol. The van der Waals surface area contributed by atoms with Gasteiger partial charge in [-0.3, -0.25) is 4.79 Å². The molecule has 0 radical (unpaired) electrons. The van der Waals surface area contributed by atoms with Crippen molar-refractivity contribution in [1.29, 1.82) is 0 Å². The minimum absolute atomic E-state index is 0.266. The third kappa shape index (κ3) is 4.15. The van der Waals surface area contributed by atoms with E-state index in [4.69, 9.17) is 5.11 Å². The molecule has 0 aromatic rings. The lowest BCUT2D eigenvalue weighted by Gasteiger charge is -2.21. The van der Waals surface area contributed by atoms with Crippen LogP contribution in [0.4, 0.5) is 0 Å². The number of nitrogens with one attached hydrogen (secondary N) is 1. The van der Waals surface area contributed by atoms with Gasteiger partial charge in [0.05, 0.1) is 17.3 Å². The summed E-state index contributed by atoms with van der Waals surface area (Å²) in [6, 6.07) is 0. The number of carbonyl (C=O) groups is 1. The Kier molecular flexibility index (Phi) is 3.37. The molecule has 0 aromatic carbocycles. The zero-order valence-corrected chi connectivity index (χ0v) is 9.25. The van der Waals surface area contributed by atoms with Gasteiger partial charge < -0.3 is 10.2 Å². The maximum absolute atomic E-state index is 11.4. The molecule has 0 saturated heterocycles. The molecule has 1 aliphatic carbocycles. The predicted octanol–water partition coefficient (Wildman–Crippen LogP) is -0.706. The molecule has 1 rings (SSSR count). The molecule has 7 heteroatoms. The molecule has 0 bridgehead atoms. The van der Waals surface area contributed by atoms with Gasteiger partial charge in [0.1, 0.15) is 0 Å². The van der Waals surface area contributed by atoms with Crippen LogP contribution in [0.15, 0.2) is 0 Å². The maximum atomic E-state index is 11.4. The summed E-state index contributed by atoms with van der Waals surface area (Å²) in [6.45, 7) is 1.02. The third-order valence-electron chi connectivity index (χ3n) is 2.15. The molecule has 0 heterocycles. The van der Waals surface area contributed by atoms with Crippen molar-refractivity contribution in [3.63, 3.8) is 0 Å². The molecule has 1 aliphatic rings. The van der Waals surface area contributed by atoms with Gasteiger partial charge in [-0.25, -0.2) is 13.1 Å². The largest absolute Gasteiger partial charge is 0.481 e. The fourth-order valence-corrected chi connectivity index (χ4v) is 2.65. The van der Waals surface area contributed by atoms with E-state index in [-0.39, 0.29) is 11.8 Å².